The SMILES string of the molecule is Cc1nc(N2CCCCC2)cc(N2CCN(S(=O)(=O)Cc3ccc(F)cc3)CC2)n1. The lowest BCUT2D eigenvalue weighted by atomic mass is 10.1. The van der Waals surface area contributed by atoms with Gasteiger partial charge in [0.15, 0.2) is 0 Å². The van der Waals surface area contributed by atoms with E-state index < -0.39 is 10.0 Å². The normalized spacial score (nSPS) is 18.6. The molecule has 1 aromatic heterocycles. The van der Waals surface area contributed by atoms with Crippen LogP contribution in [0.15, 0.2) is 30.3 Å². The van der Waals surface area contributed by atoms with Gasteiger partial charge < -0.3 is 9.80 Å². The Bertz CT molecular complexity index is 969. The van der Waals surface area contributed by atoms with Crippen LogP contribution in [-0.4, -0.2) is 62.0 Å². The molecule has 3 heterocycles. The first-order chi connectivity index (χ1) is 14.4. The number of nitrogens with zero attached hydrogens (tertiary/aromatic N) is 5. The second-order valence-corrected chi connectivity index (χ2v) is 9.92. The molecule has 0 saturated carbocycles. The highest BCUT2D eigenvalue weighted by atomic mass is 32.2. The first-order valence-electron chi connectivity index (χ1n) is 10.5. The highest BCUT2D eigenvalue weighted by Crippen LogP contribution is 2.24. The zero-order valence-electron chi connectivity index (χ0n) is 17.3. The maximum atomic E-state index is 13.1. The van der Waals surface area contributed by atoms with Crippen molar-refractivity contribution in [3.63, 3.8) is 0 Å². The van der Waals surface area contributed by atoms with Gasteiger partial charge in [0, 0.05) is 45.3 Å². The average molecular weight is 434 g/mol. The van der Waals surface area contributed by atoms with Crippen LogP contribution in [-0.2, 0) is 15.8 Å². The third-order valence-electron chi connectivity index (χ3n) is 5.71. The van der Waals surface area contributed by atoms with Gasteiger partial charge in [-0.15, -0.1) is 0 Å². The van der Waals surface area contributed by atoms with Gasteiger partial charge >= 0.3 is 0 Å². The molecule has 0 spiro atoms. The number of halogens is 1. The molecule has 7 nitrogen and oxygen atoms in total. The summed E-state index contributed by atoms with van der Waals surface area (Å²) in [4.78, 5) is 13.7. The van der Waals surface area contributed by atoms with E-state index in [0.717, 1.165) is 30.5 Å². The fourth-order valence-corrected chi connectivity index (χ4v) is 5.58. The van der Waals surface area contributed by atoms with Crippen LogP contribution in [0.5, 0.6) is 0 Å². The summed E-state index contributed by atoms with van der Waals surface area (Å²) in [5, 5.41) is 0. The maximum absolute atomic E-state index is 13.1. The fourth-order valence-electron chi connectivity index (χ4n) is 4.06. The van der Waals surface area contributed by atoms with Crippen LogP contribution in [0.25, 0.3) is 0 Å². The van der Waals surface area contributed by atoms with Gasteiger partial charge in [-0.25, -0.2) is 22.8 Å². The van der Waals surface area contributed by atoms with Crippen molar-refractivity contribution in [1.29, 1.82) is 0 Å². The Morgan fingerprint density at radius 1 is 0.867 bits per heavy atom. The molecule has 2 saturated heterocycles. The molecular weight excluding hydrogens is 405 g/mol. The van der Waals surface area contributed by atoms with Crippen molar-refractivity contribution in [3.05, 3.63) is 47.5 Å². The van der Waals surface area contributed by atoms with E-state index in [2.05, 4.69) is 19.8 Å². The lowest BCUT2D eigenvalue weighted by molar-refractivity contribution is 0.383. The van der Waals surface area contributed by atoms with E-state index in [-0.39, 0.29) is 11.6 Å². The molecule has 2 aliphatic rings. The fraction of sp³-hybridized carbons (Fsp3) is 0.524. The standard InChI is InChI=1S/C21H28FN5O2S/c1-17-23-20(25-9-3-2-4-10-25)15-21(24-17)26-11-13-27(14-12-26)30(28,29)16-18-5-7-19(22)8-6-18/h5-8,15H,2-4,9-14,16H2,1H3. The molecule has 4 rings (SSSR count). The van der Waals surface area contributed by atoms with Gasteiger partial charge in [-0.1, -0.05) is 12.1 Å². The van der Waals surface area contributed by atoms with Crippen molar-refractivity contribution < 1.29 is 12.8 Å². The summed E-state index contributed by atoms with van der Waals surface area (Å²) in [6.45, 7) is 5.92. The number of piperazine rings is 1. The van der Waals surface area contributed by atoms with Gasteiger partial charge in [0.2, 0.25) is 10.0 Å². The molecule has 30 heavy (non-hydrogen) atoms. The van der Waals surface area contributed by atoms with Crippen LogP contribution < -0.4 is 9.80 Å². The molecule has 0 bridgehead atoms. The Labute approximate surface area is 177 Å². The molecule has 2 aliphatic heterocycles. The van der Waals surface area contributed by atoms with E-state index in [9.17, 15) is 12.8 Å². The Hall–Kier alpha value is -2.26. The number of aryl methyl sites for hydroxylation is 1. The first kappa shape index (κ1) is 21.0. The topological polar surface area (TPSA) is 69.6 Å². The molecule has 0 unspecified atom stereocenters. The van der Waals surface area contributed by atoms with Crippen molar-refractivity contribution in [2.24, 2.45) is 0 Å². The van der Waals surface area contributed by atoms with Crippen molar-refractivity contribution in [2.75, 3.05) is 49.1 Å². The minimum absolute atomic E-state index is 0.112. The third kappa shape index (κ3) is 4.89. The van der Waals surface area contributed by atoms with Crippen LogP contribution in [0, 0.1) is 12.7 Å². The van der Waals surface area contributed by atoms with E-state index in [0.29, 0.717) is 31.7 Å². The zero-order valence-corrected chi connectivity index (χ0v) is 18.1. The summed E-state index contributed by atoms with van der Waals surface area (Å²) in [5.41, 5.74) is 0.594. The molecule has 0 atom stereocenters. The number of anilines is 2. The molecule has 0 N–H and O–H groups in total. The summed E-state index contributed by atoms with van der Waals surface area (Å²) in [6.07, 6.45) is 3.63. The van der Waals surface area contributed by atoms with Crippen molar-refractivity contribution in [2.45, 2.75) is 31.9 Å². The molecule has 162 valence electrons. The smallest absolute Gasteiger partial charge is 0.218 e. The number of hydrogen-bond acceptors (Lipinski definition) is 6. The Morgan fingerprint density at radius 2 is 1.43 bits per heavy atom. The third-order valence-corrected chi connectivity index (χ3v) is 7.56. The van der Waals surface area contributed by atoms with Gasteiger partial charge in [-0.05, 0) is 43.9 Å². The van der Waals surface area contributed by atoms with Gasteiger partial charge in [-0.2, -0.15) is 4.31 Å². The van der Waals surface area contributed by atoms with E-state index >= 15 is 0 Å². The van der Waals surface area contributed by atoms with E-state index in [1.807, 2.05) is 13.0 Å². The molecule has 0 radical (unpaired) electrons. The first-order valence-corrected chi connectivity index (χ1v) is 12.1. The Morgan fingerprint density at radius 3 is 2.03 bits per heavy atom. The van der Waals surface area contributed by atoms with Crippen molar-refractivity contribution >= 4 is 21.7 Å². The second kappa shape index (κ2) is 8.85. The minimum Gasteiger partial charge on any atom is -0.356 e. The molecular formula is C21H28FN5O2S. The Kier molecular flexibility index (Phi) is 6.19. The second-order valence-electron chi connectivity index (χ2n) is 7.95. The maximum Gasteiger partial charge on any atom is 0.218 e. The monoisotopic (exact) mass is 433 g/mol. The number of aromatic nitrogens is 2. The van der Waals surface area contributed by atoms with Crippen LogP contribution >= 0.6 is 0 Å². The molecule has 2 aromatic rings. The molecule has 2 fully saturated rings. The van der Waals surface area contributed by atoms with E-state index in [4.69, 9.17) is 0 Å². The molecule has 9 heteroatoms. The number of sulfonamides is 1. The van der Waals surface area contributed by atoms with Gasteiger partial charge in [0.05, 0.1) is 5.75 Å². The number of benzene rings is 1. The van der Waals surface area contributed by atoms with Crippen LogP contribution in [0.2, 0.25) is 0 Å². The summed E-state index contributed by atoms with van der Waals surface area (Å²) in [6, 6.07) is 7.66. The van der Waals surface area contributed by atoms with E-state index in [1.165, 1.54) is 47.8 Å². The number of rotatable bonds is 5. The lowest BCUT2D eigenvalue weighted by Crippen LogP contribution is -2.49. The van der Waals surface area contributed by atoms with E-state index in [1.54, 1.807) is 0 Å². The largest absolute Gasteiger partial charge is 0.356 e. The van der Waals surface area contributed by atoms with Gasteiger partial charge in [0.1, 0.15) is 23.3 Å². The van der Waals surface area contributed by atoms with Crippen LogP contribution in [0.3, 0.4) is 0 Å². The molecule has 1 aromatic carbocycles. The van der Waals surface area contributed by atoms with Crippen molar-refractivity contribution in [1.82, 2.24) is 14.3 Å². The predicted octanol–water partition coefficient (Wildman–Crippen LogP) is 2.57. The van der Waals surface area contributed by atoms with Crippen LogP contribution in [0.4, 0.5) is 16.0 Å². The quantitative estimate of drug-likeness (QED) is 0.722. The molecule has 0 aliphatic carbocycles. The van der Waals surface area contributed by atoms with Crippen LogP contribution in [0.1, 0.15) is 30.7 Å². The van der Waals surface area contributed by atoms with Gasteiger partial charge in [0.25, 0.3) is 0 Å². The number of hydrogen-bond donors (Lipinski definition) is 0. The summed E-state index contributed by atoms with van der Waals surface area (Å²) in [7, 11) is -3.45. The average Bonchev–Trinajstić information content (AvgIpc) is 2.75. The van der Waals surface area contributed by atoms with Crippen molar-refractivity contribution in [3.8, 4) is 0 Å². The summed E-state index contributed by atoms with van der Waals surface area (Å²) in [5.74, 6) is 2.08. The summed E-state index contributed by atoms with van der Waals surface area (Å²) >= 11 is 0. The zero-order chi connectivity index (χ0) is 21.1. The van der Waals surface area contributed by atoms with Gasteiger partial charge in [-0.3, -0.25) is 0 Å². The molecule has 0 amide bonds. The number of piperidine rings is 1. The highest BCUT2D eigenvalue weighted by Gasteiger charge is 2.28. The highest BCUT2D eigenvalue weighted by molar-refractivity contribution is 7.88. The summed E-state index contributed by atoms with van der Waals surface area (Å²) < 4.78 is 40.2. The predicted molar refractivity (Wildman–Crippen MR) is 116 cm³/mol. The Balaban J connectivity index is 1.41. The minimum atomic E-state index is -3.45. The lowest BCUT2D eigenvalue weighted by Gasteiger charge is -2.35.